The molecule has 1 aromatic rings. The van der Waals surface area contributed by atoms with Gasteiger partial charge in [0.25, 0.3) is 10.2 Å². The van der Waals surface area contributed by atoms with E-state index in [0.717, 1.165) is 18.4 Å². The van der Waals surface area contributed by atoms with Crippen LogP contribution in [-0.4, -0.2) is 15.0 Å². The minimum Gasteiger partial charge on any atom is -0.399 e. The molecule has 6 heteroatoms. The topological polar surface area (TPSA) is 89.4 Å². The van der Waals surface area contributed by atoms with E-state index >= 15 is 0 Å². The zero-order valence-corrected chi connectivity index (χ0v) is 9.00. The van der Waals surface area contributed by atoms with Gasteiger partial charge in [-0.3, -0.25) is 4.31 Å². The summed E-state index contributed by atoms with van der Waals surface area (Å²) in [5.41, 5.74) is 7.87. The molecule has 0 saturated heterocycles. The van der Waals surface area contributed by atoms with E-state index in [1.54, 1.807) is 18.2 Å². The third kappa shape index (κ3) is 1.91. The number of nitrogen functional groups attached to an aromatic ring is 1. The number of hydrogen-bond acceptors (Lipinski definition) is 3. The van der Waals surface area contributed by atoms with Crippen molar-refractivity contribution in [3.63, 3.8) is 0 Å². The van der Waals surface area contributed by atoms with Crippen LogP contribution in [0.25, 0.3) is 0 Å². The van der Waals surface area contributed by atoms with E-state index in [4.69, 9.17) is 10.9 Å². The van der Waals surface area contributed by atoms with E-state index in [0.29, 0.717) is 17.9 Å². The largest absolute Gasteiger partial charge is 0.399 e. The Morgan fingerprint density at radius 3 is 2.73 bits per heavy atom. The van der Waals surface area contributed by atoms with Gasteiger partial charge in [-0.15, -0.1) is 0 Å². The smallest absolute Gasteiger partial charge is 0.299 e. The number of nitrogens with zero attached hydrogens (tertiary/aromatic N) is 1. The van der Waals surface area contributed by atoms with Crippen LogP contribution in [0.3, 0.4) is 0 Å². The number of anilines is 2. The first-order chi connectivity index (χ1) is 6.98. The van der Waals surface area contributed by atoms with Crippen LogP contribution in [0.15, 0.2) is 18.2 Å². The van der Waals surface area contributed by atoms with E-state index in [1.165, 1.54) is 4.31 Å². The van der Waals surface area contributed by atoms with Crippen molar-refractivity contribution >= 4 is 21.6 Å². The van der Waals surface area contributed by atoms with Crippen LogP contribution in [0, 0.1) is 0 Å². The van der Waals surface area contributed by atoms with Crippen LogP contribution in [0.1, 0.15) is 12.0 Å². The number of benzene rings is 1. The maximum absolute atomic E-state index is 11.3. The summed E-state index contributed by atoms with van der Waals surface area (Å²) in [5, 5.41) is 5.13. The van der Waals surface area contributed by atoms with Crippen molar-refractivity contribution < 1.29 is 8.42 Å². The second-order valence-corrected chi connectivity index (χ2v) is 5.08. The second kappa shape index (κ2) is 3.39. The fourth-order valence-corrected chi connectivity index (χ4v) is 2.68. The van der Waals surface area contributed by atoms with Gasteiger partial charge in [-0.1, -0.05) is 0 Å². The van der Waals surface area contributed by atoms with E-state index in [2.05, 4.69) is 0 Å². The van der Waals surface area contributed by atoms with Gasteiger partial charge in [0.2, 0.25) is 0 Å². The summed E-state index contributed by atoms with van der Waals surface area (Å²) in [6.45, 7) is 0.440. The summed E-state index contributed by atoms with van der Waals surface area (Å²) in [5.74, 6) is 0. The van der Waals surface area contributed by atoms with Crippen LogP contribution in [0.4, 0.5) is 11.4 Å². The minimum absolute atomic E-state index is 0.440. The molecular weight excluding hydrogens is 214 g/mol. The third-order valence-corrected chi connectivity index (χ3v) is 3.48. The molecule has 1 aliphatic rings. The number of nitrogens with two attached hydrogens (primary N) is 2. The number of hydrogen-bond donors (Lipinski definition) is 2. The Morgan fingerprint density at radius 2 is 2.07 bits per heavy atom. The maximum atomic E-state index is 11.3. The molecule has 1 aromatic carbocycles. The number of aryl methyl sites for hydroxylation is 1. The zero-order chi connectivity index (χ0) is 11.1. The van der Waals surface area contributed by atoms with Gasteiger partial charge in [0.15, 0.2) is 0 Å². The molecule has 0 unspecified atom stereocenters. The molecule has 0 atom stereocenters. The molecule has 82 valence electrons. The van der Waals surface area contributed by atoms with Crippen molar-refractivity contribution in [1.82, 2.24) is 0 Å². The van der Waals surface area contributed by atoms with Gasteiger partial charge in [0.1, 0.15) is 0 Å². The molecule has 4 N–H and O–H groups in total. The highest BCUT2D eigenvalue weighted by Crippen LogP contribution is 2.29. The molecule has 0 amide bonds. The molecular formula is C9H13N3O2S. The lowest BCUT2D eigenvalue weighted by atomic mass is 10.0. The fourth-order valence-electron chi connectivity index (χ4n) is 1.85. The Kier molecular flexibility index (Phi) is 2.32. The Hall–Kier alpha value is -1.27. The molecule has 0 radical (unpaired) electrons. The quantitative estimate of drug-likeness (QED) is 0.673. The van der Waals surface area contributed by atoms with Crippen molar-refractivity contribution in [2.75, 3.05) is 16.6 Å². The van der Waals surface area contributed by atoms with Crippen molar-refractivity contribution in [1.29, 1.82) is 0 Å². The lowest BCUT2D eigenvalue weighted by Gasteiger charge is -2.28. The zero-order valence-electron chi connectivity index (χ0n) is 8.18. The van der Waals surface area contributed by atoms with Crippen LogP contribution >= 0.6 is 0 Å². The first kappa shape index (κ1) is 10.3. The second-order valence-electron chi connectivity index (χ2n) is 3.61. The van der Waals surface area contributed by atoms with Gasteiger partial charge in [0.05, 0.1) is 5.69 Å². The molecule has 5 nitrogen and oxygen atoms in total. The molecule has 1 heterocycles. The average Bonchev–Trinajstić information content (AvgIpc) is 2.15. The Bertz CT molecular complexity index is 484. The minimum atomic E-state index is -3.66. The predicted molar refractivity (Wildman–Crippen MR) is 59.6 cm³/mol. The van der Waals surface area contributed by atoms with Crippen molar-refractivity contribution in [2.45, 2.75) is 12.8 Å². The van der Waals surface area contributed by atoms with Crippen molar-refractivity contribution in [3.8, 4) is 0 Å². The standard InChI is InChI=1S/C9H13N3O2S/c10-8-3-4-9-7(6-8)2-1-5-12(9)15(11,13)14/h3-4,6H,1-2,5,10H2,(H2,11,13,14). The van der Waals surface area contributed by atoms with Gasteiger partial charge in [0, 0.05) is 12.2 Å². The predicted octanol–water partition coefficient (Wildman–Crippen LogP) is 0.225. The van der Waals surface area contributed by atoms with E-state index in [9.17, 15) is 8.42 Å². The van der Waals surface area contributed by atoms with Gasteiger partial charge in [-0.2, -0.15) is 8.42 Å². The normalized spacial score (nSPS) is 16.2. The van der Waals surface area contributed by atoms with Gasteiger partial charge in [-0.05, 0) is 36.6 Å². The summed E-state index contributed by atoms with van der Waals surface area (Å²) < 4.78 is 23.8. The lowest BCUT2D eigenvalue weighted by molar-refractivity contribution is 0.588. The summed E-state index contributed by atoms with van der Waals surface area (Å²) in [6, 6.07) is 5.18. The van der Waals surface area contributed by atoms with Gasteiger partial charge >= 0.3 is 0 Å². The van der Waals surface area contributed by atoms with Gasteiger partial charge in [-0.25, -0.2) is 5.14 Å². The highest BCUT2D eigenvalue weighted by Gasteiger charge is 2.24. The highest BCUT2D eigenvalue weighted by atomic mass is 32.2. The Morgan fingerprint density at radius 1 is 1.33 bits per heavy atom. The summed E-state index contributed by atoms with van der Waals surface area (Å²) in [7, 11) is -3.66. The molecule has 0 fully saturated rings. The van der Waals surface area contributed by atoms with Crippen LogP contribution in [0.2, 0.25) is 0 Å². The fraction of sp³-hybridized carbons (Fsp3) is 0.333. The first-order valence-corrected chi connectivity index (χ1v) is 6.17. The summed E-state index contributed by atoms with van der Waals surface area (Å²) in [4.78, 5) is 0. The average molecular weight is 227 g/mol. The Labute approximate surface area is 88.9 Å². The monoisotopic (exact) mass is 227 g/mol. The number of fused-ring (bicyclic) bond motifs is 1. The lowest BCUT2D eigenvalue weighted by Crippen LogP contribution is -2.40. The Balaban J connectivity index is 2.52. The van der Waals surface area contributed by atoms with Crippen LogP contribution in [-0.2, 0) is 16.6 Å². The van der Waals surface area contributed by atoms with E-state index < -0.39 is 10.2 Å². The molecule has 0 saturated carbocycles. The molecule has 0 bridgehead atoms. The molecule has 1 aliphatic heterocycles. The highest BCUT2D eigenvalue weighted by molar-refractivity contribution is 7.90. The van der Waals surface area contributed by atoms with E-state index in [1.807, 2.05) is 0 Å². The SMILES string of the molecule is Nc1ccc2c(c1)CCCN2S(N)(=O)=O. The molecule has 0 aliphatic carbocycles. The third-order valence-electron chi connectivity index (χ3n) is 2.49. The maximum Gasteiger partial charge on any atom is 0.299 e. The molecule has 15 heavy (non-hydrogen) atoms. The van der Waals surface area contributed by atoms with E-state index in [-0.39, 0.29) is 0 Å². The molecule has 0 spiro atoms. The van der Waals surface area contributed by atoms with Crippen LogP contribution in [0.5, 0.6) is 0 Å². The number of rotatable bonds is 1. The first-order valence-electron chi connectivity index (χ1n) is 4.67. The van der Waals surface area contributed by atoms with Gasteiger partial charge < -0.3 is 5.73 Å². The van der Waals surface area contributed by atoms with Crippen molar-refractivity contribution in [3.05, 3.63) is 23.8 Å². The van der Waals surface area contributed by atoms with Crippen molar-refractivity contribution in [2.24, 2.45) is 5.14 Å². The summed E-state index contributed by atoms with van der Waals surface area (Å²) >= 11 is 0. The van der Waals surface area contributed by atoms with Crippen LogP contribution < -0.4 is 15.2 Å². The summed E-state index contributed by atoms with van der Waals surface area (Å²) in [6.07, 6.45) is 1.61. The molecule has 2 rings (SSSR count). The molecule has 0 aromatic heterocycles.